The molecule has 0 bridgehead atoms. The smallest absolute Gasteiger partial charge is 0.234 e. The summed E-state index contributed by atoms with van der Waals surface area (Å²) in [6.45, 7) is 3.75. The van der Waals surface area contributed by atoms with Crippen molar-refractivity contribution in [2.75, 3.05) is 13.1 Å². The van der Waals surface area contributed by atoms with E-state index in [9.17, 15) is 4.79 Å². The van der Waals surface area contributed by atoms with Crippen LogP contribution in [0.5, 0.6) is 0 Å². The largest absolute Gasteiger partial charge is 0.352 e. The minimum atomic E-state index is 0.169. The van der Waals surface area contributed by atoms with E-state index in [-0.39, 0.29) is 5.91 Å². The molecule has 0 spiro atoms. The molecule has 3 heteroatoms. The molecule has 0 radical (unpaired) electrons. The zero-order chi connectivity index (χ0) is 9.97. The molecule has 2 aliphatic rings. The van der Waals surface area contributed by atoms with Gasteiger partial charge < -0.3 is 10.6 Å². The van der Waals surface area contributed by atoms with Crippen LogP contribution in [0.1, 0.15) is 32.6 Å². The molecule has 2 fully saturated rings. The van der Waals surface area contributed by atoms with Gasteiger partial charge >= 0.3 is 0 Å². The van der Waals surface area contributed by atoms with Gasteiger partial charge in [0.15, 0.2) is 0 Å². The van der Waals surface area contributed by atoms with Gasteiger partial charge in [-0.15, -0.1) is 0 Å². The summed E-state index contributed by atoms with van der Waals surface area (Å²) in [5.74, 6) is 1.83. The average Bonchev–Trinajstić information content (AvgIpc) is 2.85. The maximum absolute atomic E-state index is 11.4. The summed E-state index contributed by atoms with van der Waals surface area (Å²) in [6, 6.07) is 0.459. The van der Waals surface area contributed by atoms with Gasteiger partial charge in [-0.1, -0.05) is 6.92 Å². The molecule has 0 aromatic rings. The molecular formula is C11H20N2O. The zero-order valence-corrected chi connectivity index (χ0v) is 8.88. The zero-order valence-electron chi connectivity index (χ0n) is 8.88. The molecule has 2 saturated carbocycles. The lowest BCUT2D eigenvalue weighted by atomic mass is 9.82. The van der Waals surface area contributed by atoms with Crippen LogP contribution in [0.3, 0.4) is 0 Å². The average molecular weight is 196 g/mol. The molecule has 0 heterocycles. The minimum absolute atomic E-state index is 0.169. The van der Waals surface area contributed by atoms with Crippen molar-refractivity contribution in [3.63, 3.8) is 0 Å². The Kier molecular flexibility index (Phi) is 3.06. The van der Waals surface area contributed by atoms with Crippen molar-refractivity contribution in [2.24, 2.45) is 11.8 Å². The summed E-state index contributed by atoms with van der Waals surface area (Å²) in [7, 11) is 0. The molecule has 0 aliphatic heterocycles. The van der Waals surface area contributed by atoms with Crippen LogP contribution in [0.4, 0.5) is 0 Å². The second kappa shape index (κ2) is 4.30. The first-order valence-electron chi connectivity index (χ1n) is 5.74. The minimum Gasteiger partial charge on any atom is -0.352 e. The van der Waals surface area contributed by atoms with Crippen LogP contribution in [0.25, 0.3) is 0 Å². The number of rotatable bonds is 5. The van der Waals surface area contributed by atoms with E-state index >= 15 is 0 Å². The summed E-state index contributed by atoms with van der Waals surface area (Å²) in [6.07, 6.45) is 5.01. The molecule has 0 saturated heterocycles. The van der Waals surface area contributed by atoms with Crippen LogP contribution in [0.15, 0.2) is 0 Å². The van der Waals surface area contributed by atoms with Gasteiger partial charge in [0.2, 0.25) is 5.91 Å². The second-order valence-corrected chi connectivity index (χ2v) is 4.92. The number of amides is 1. The Morgan fingerprint density at radius 3 is 2.64 bits per heavy atom. The lowest BCUT2D eigenvalue weighted by molar-refractivity contribution is -0.121. The molecular weight excluding hydrogens is 176 g/mol. The molecule has 2 aliphatic carbocycles. The highest BCUT2D eigenvalue weighted by Gasteiger charge is 2.26. The number of carbonyl (C=O) groups is 1. The summed E-state index contributed by atoms with van der Waals surface area (Å²) in [5.41, 5.74) is 0. The van der Waals surface area contributed by atoms with E-state index in [4.69, 9.17) is 0 Å². The van der Waals surface area contributed by atoms with Gasteiger partial charge in [0, 0.05) is 6.04 Å². The van der Waals surface area contributed by atoms with E-state index in [1.165, 1.54) is 12.8 Å². The summed E-state index contributed by atoms with van der Waals surface area (Å²) in [4.78, 5) is 11.4. The van der Waals surface area contributed by atoms with E-state index in [1.807, 2.05) is 0 Å². The molecule has 0 atom stereocenters. The van der Waals surface area contributed by atoms with Gasteiger partial charge in [-0.2, -0.15) is 0 Å². The van der Waals surface area contributed by atoms with Crippen molar-refractivity contribution in [1.29, 1.82) is 0 Å². The van der Waals surface area contributed by atoms with Gasteiger partial charge in [0.05, 0.1) is 6.54 Å². The van der Waals surface area contributed by atoms with Crippen LogP contribution < -0.4 is 10.6 Å². The third kappa shape index (κ3) is 2.98. The first-order valence-corrected chi connectivity index (χ1v) is 5.74. The molecule has 0 unspecified atom stereocenters. The molecule has 80 valence electrons. The third-order valence-electron chi connectivity index (χ3n) is 3.15. The fourth-order valence-electron chi connectivity index (χ4n) is 2.01. The van der Waals surface area contributed by atoms with Crippen LogP contribution in [-0.2, 0) is 4.79 Å². The van der Waals surface area contributed by atoms with Crippen LogP contribution in [0.2, 0.25) is 0 Å². The molecule has 14 heavy (non-hydrogen) atoms. The first kappa shape index (κ1) is 9.97. The van der Waals surface area contributed by atoms with E-state index in [0.717, 1.165) is 31.2 Å². The van der Waals surface area contributed by atoms with Crippen molar-refractivity contribution in [1.82, 2.24) is 10.6 Å². The Bertz CT molecular complexity index is 207. The van der Waals surface area contributed by atoms with Gasteiger partial charge in [-0.3, -0.25) is 4.79 Å². The number of carbonyl (C=O) groups excluding carboxylic acids is 1. The molecule has 3 nitrogen and oxygen atoms in total. The van der Waals surface area contributed by atoms with E-state index in [1.54, 1.807) is 0 Å². The standard InChI is InChI=1S/C11H20N2O/c1-8-4-10(5-8)13-11(14)7-12-6-9-2-3-9/h8-10,12H,2-7H2,1H3,(H,13,14). The highest BCUT2D eigenvalue weighted by atomic mass is 16.1. The fourth-order valence-corrected chi connectivity index (χ4v) is 2.01. The van der Waals surface area contributed by atoms with Crippen LogP contribution in [-0.4, -0.2) is 25.0 Å². The first-order chi connectivity index (χ1) is 6.74. The lowest BCUT2D eigenvalue weighted by Crippen LogP contribution is -2.46. The van der Waals surface area contributed by atoms with E-state index < -0.39 is 0 Å². The van der Waals surface area contributed by atoms with Crippen LogP contribution >= 0.6 is 0 Å². The predicted octanol–water partition coefficient (Wildman–Crippen LogP) is 0.901. The molecule has 2 rings (SSSR count). The Balaban J connectivity index is 1.50. The Hall–Kier alpha value is -0.570. The monoisotopic (exact) mass is 196 g/mol. The van der Waals surface area contributed by atoms with Gasteiger partial charge in [0.25, 0.3) is 0 Å². The normalized spacial score (nSPS) is 30.9. The van der Waals surface area contributed by atoms with Crippen molar-refractivity contribution < 1.29 is 4.79 Å². The van der Waals surface area contributed by atoms with Crippen molar-refractivity contribution in [3.8, 4) is 0 Å². The summed E-state index contributed by atoms with van der Waals surface area (Å²) >= 11 is 0. The van der Waals surface area contributed by atoms with Crippen molar-refractivity contribution in [3.05, 3.63) is 0 Å². The number of hydrogen-bond donors (Lipinski definition) is 2. The molecule has 1 amide bonds. The summed E-state index contributed by atoms with van der Waals surface area (Å²) < 4.78 is 0. The van der Waals surface area contributed by atoms with Gasteiger partial charge in [-0.25, -0.2) is 0 Å². The van der Waals surface area contributed by atoms with Crippen molar-refractivity contribution in [2.45, 2.75) is 38.6 Å². The topological polar surface area (TPSA) is 41.1 Å². The van der Waals surface area contributed by atoms with E-state index in [2.05, 4.69) is 17.6 Å². The molecule has 0 aromatic carbocycles. The third-order valence-corrected chi connectivity index (χ3v) is 3.15. The number of nitrogens with one attached hydrogen (secondary N) is 2. The van der Waals surface area contributed by atoms with Crippen LogP contribution in [0, 0.1) is 11.8 Å². The highest BCUT2D eigenvalue weighted by molar-refractivity contribution is 5.78. The number of hydrogen-bond acceptors (Lipinski definition) is 2. The summed E-state index contributed by atoms with van der Waals surface area (Å²) in [5, 5.41) is 6.24. The molecule has 2 N–H and O–H groups in total. The fraction of sp³-hybridized carbons (Fsp3) is 0.909. The lowest BCUT2D eigenvalue weighted by Gasteiger charge is -2.33. The maximum atomic E-state index is 11.4. The van der Waals surface area contributed by atoms with Gasteiger partial charge in [0.1, 0.15) is 0 Å². The maximum Gasteiger partial charge on any atom is 0.234 e. The second-order valence-electron chi connectivity index (χ2n) is 4.92. The predicted molar refractivity (Wildman–Crippen MR) is 55.9 cm³/mol. The SMILES string of the molecule is CC1CC(NC(=O)CNCC2CC2)C1. The Morgan fingerprint density at radius 2 is 2.07 bits per heavy atom. The van der Waals surface area contributed by atoms with E-state index in [0.29, 0.717) is 12.6 Å². The Labute approximate surface area is 85.6 Å². The van der Waals surface area contributed by atoms with Crippen molar-refractivity contribution >= 4 is 5.91 Å². The highest BCUT2D eigenvalue weighted by Crippen LogP contribution is 2.27. The Morgan fingerprint density at radius 1 is 1.36 bits per heavy atom. The molecule has 0 aromatic heterocycles. The van der Waals surface area contributed by atoms with Gasteiger partial charge in [-0.05, 0) is 44.1 Å². The quantitative estimate of drug-likeness (QED) is 0.686.